The van der Waals surface area contributed by atoms with Crippen molar-refractivity contribution in [3.8, 4) is 0 Å². The van der Waals surface area contributed by atoms with Gasteiger partial charge in [0.2, 0.25) is 0 Å². The molecule has 0 aromatic heterocycles. The van der Waals surface area contributed by atoms with Crippen molar-refractivity contribution >= 4 is 99.4 Å². The van der Waals surface area contributed by atoms with Crippen molar-refractivity contribution in [2.75, 3.05) is 39.3 Å². The van der Waals surface area contributed by atoms with Gasteiger partial charge in [-0.15, -0.1) is 0 Å². The molecule has 0 saturated heterocycles. The molecule has 0 spiro atoms. The van der Waals surface area contributed by atoms with Crippen LogP contribution in [0.5, 0.6) is 0 Å². The predicted octanol–water partition coefficient (Wildman–Crippen LogP) is -9.82. The number of rotatable bonds is 11. The van der Waals surface area contributed by atoms with Crippen molar-refractivity contribution < 1.29 is 50.6 Å². The molecule has 0 bridgehead atoms. The Kier molecular flexibility index (Phi) is 28.8. The van der Waals surface area contributed by atoms with Gasteiger partial charge in [0.15, 0.2) is 0 Å². The standard InChI is InChI=1S/C10H16N2O8.2Ca.2H2O/c13-7(14)3-11(4-8(15)16)1-2-12(5-9(17)18)6-10(19)20;;;;/h1-6H2,(H,13,14)(H,15,16)(H,17,18)(H,19,20);;;2*1H2/q;2*+2;;/p-4. The van der Waals surface area contributed by atoms with E-state index < -0.39 is 50.1 Å². The zero-order valence-corrected chi connectivity index (χ0v) is 17.2. The summed E-state index contributed by atoms with van der Waals surface area (Å²) < 4.78 is 0. The van der Waals surface area contributed by atoms with Crippen LogP contribution >= 0.6 is 0 Å². The van der Waals surface area contributed by atoms with E-state index in [1.165, 1.54) is 0 Å². The van der Waals surface area contributed by atoms with Crippen LogP contribution < -0.4 is 20.4 Å². The van der Waals surface area contributed by atoms with E-state index in [1.807, 2.05) is 0 Å². The van der Waals surface area contributed by atoms with Gasteiger partial charge < -0.3 is 50.6 Å². The maximum absolute atomic E-state index is 10.4. The summed E-state index contributed by atoms with van der Waals surface area (Å²) in [6.45, 7) is -3.25. The molecule has 0 rings (SSSR count). The van der Waals surface area contributed by atoms with Gasteiger partial charge in [-0.05, 0) is 0 Å². The second kappa shape index (κ2) is 19.6. The maximum Gasteiger partial charge on any atom is 2.00 e. The molecule has 0 heterocycles. The second-order valence-electron chi connectivity index (χ2n) is 3.91. The molecule has 0 saturated carbocycles. The van der Waals surface area contributed by atoms with E-state index >= 15 is 0 Å². The van der Waals surface area contributed by atoms with Gasteiger partial charge in [-0.2, -0.15) is 0 Å². The fraction of sp³-hybridized carbons (Fsp3) is 0.600. The van der Waals surface area contributed by atoms with E-state index in [0.29, 0.717) is 0 Å². The Labute approximate surface area is 197 Å². The summed E-state index contributed by atoms with van der Waals surface area (Å²) in [5, 5.41) is 41.6. The molecule has 12 nitrogen and oxygen atoms in total. The average Bonchev–Trinajstić information content (AvgIpc) is 2.22. The van der Waals surface area contributed by atoms with Gasteiger partial charge in [-0.1, -0.05) is 0 Å². The van der Waals surface area contributed by atoms with Crippen molar-refractivity contribution in [2.24, 2.45) is 0 Å². The Hall–Kier alpha value is 0.239. The quantitative estimate of drug-likeness (QED) is 0.295. The van der Waals surface area contributed by atoms with Crippen LogP contribution in [0, 0.1) is 0 Å². The first-order chi connectivity index (χ1) is 9.20. The Morgan fingerprint density at radius 2 is 0.708 bits per heavy atom. The van der Waals surface area contributed by atoms with E-state index in [0.717, 1.165) is 9.80 Å². The number of nitrogens with zero attached hydrogens (tertiary/aromatic N) is 2. The van der Waals surface area contributed by atoms with Gasteiger partial charge in [0.05, 0.1) is 23.9 Å². The summed E-state index contributed by atoms with van der Waals surface area (Å²) in [6, 6.07) is 0. The van der Waals surface area contributed by atoms with Crippen LogP contribution in [0.15, 0.2) is 0 Å². The summed E-state index contributed by atoms with van der Waals surface area (Å²) >= 11 is 0. The van der Waals surface area contributed by atoms with Crippen LogP contribution in [0.25, 0.3) is 0 Å². The molecule has 0 aliphatic carbocycles. The van der Waals surface area contributed by atoms with Gasteiger partial charge in [0.1, 0.15) is 0 Å². The topological polar surface area (TPSA) is 230 Å². The first-order valence-electron chi connectivity index (χ1n) is 5.44. The molecule has 130 valence electrons. The van der Waals surface area contributed by atoms with E-state index in [-0.39, 0.29) is 99.5 Å². The number of hydrogen-bond donors (Lipinski definition) is 0. The fourth-order valence-corrected chi connectivity index (χ4v) is 1.44. The molecule has 0 radical (unpaired) electrons. The van der Waals surface area contributed by atoms with Gasteiger partial charge in [-0.25, -0.2) is 0 Å². The Balaban J connectivity index is -0.000000301. The largest absolute Gasteiger partial charge is 2.00 e. The number of carboxylic acid groups (broad SMARTS) is 4. The Morgan fingerprint density at radius 3 is 0.833 bits per heavy atom. The van der Waals surface area contributed by atoms with Gasteiger partial charge >= 0.3 is 75.5 Å². The van der Waals surface area contributed by atoms with Crippen LogP contribution in [0.2, 0.25) is 0 Å². The molecule has 0 fully saturated rings. The molecule has 24 heavy (non-hydrogen) atoms. The van der Waals surface area contributed by atoms with Crippen molar-refractivity contribution in [2.45, 2.75) is 0 Å². The normalized spacial score (nSPS) is 8.92. The smallest absolute Gasteiger partial charge is 0.549 e. The number of carbonyl (C=O) groups excluding carboxylic acids is 4. The van der Waals surface area contributed by atoms with E-state index in [1.54, 1.807) is 0 Å². The van der Waals surface area contributed by atoms with Crippen LogP contribution in [-0.4, -0.2) is 159 Å². The molecular weight excluding hydrogens is 388 g/mol. The third kappa shape index (κ3) is 22.2. The first kappa shape index (κ1) is 35.4. The third-order valence-corrected chi connectivity index (χ3v) is 2.14. The molecule has 0 unspecified atom stereocenters. The minimum absolute atomic E-state index is 0. The van der Waals surface area contributed by atoms with Crippen molar-refractivity contribution in [1.82, 2.24) is 9.80 Å². The van der Waals surface area contributed by atoms with Crippen LogP contribution in [-0.2, 0) is 19.2 Å². The minimum Gasteiger partial charge on any atom is -0.549 e. The van der Waals surface area contributed by atoms with E-state index in [2.05, 4.69) is 0 Å². The summed E-state index contributed by atoms with van der Waals surface area (Å²) in [5.41, 5.74) is 0. The van der Waals surface area contributed by atoms with Crippen molar-refractivity contribution in [3.05, 3.63) is 0 Å². The zero-order valence-electron chi connectivity index (χ0n) is 12.8. The molecule has 14 heteroatoms. The first-order valence-corrected chi connectivity index (χ1v) is 5.44. The minimum atomic E-state index is -1.53. The SMILES string of the molecule is O.O.O=C([O-])CN(CCN(CC(=O)[O-])CC(=O)[O-])CC(=O)[O-].[Ca+2].[Ca+2]. The summed E-state index contributed by atoms with van der Waals surface area (Å²) in [6.07, 6.45) is 0. The van der Waals surface area contributed by atoms with Crippen LogP contribution in [0.4, 0.5) is 0 Å². The molecule has 0 amide bonds. The maximum atomic E-state index is 10.4. The molecule has 0 aromatic rings. The second-order valence-corrected chi connectivity index (χ2v) is 3.91. The third-order valence-electron chi connectivity index (χ3n) is 2.14. The van der Waals surface area contributed by atoms with Crippen LogP contribution in [0.1, 0.15) is 0 Å². The Morgan fingerprint density at radius 1 is 0.542 bits per heavy atom. The predicted molar refractivity (Wildman–Crippen MR) is 71.6 cm³/mol. The van der Waals surface area contributed by atoms with Crippen molar-refractivity contribution in [1.29, 1.82) is 0 Å². The molecule has 0 aromatic carbocycles. The number of aliphatic carboxylic acids is 4. The van der Waals surface area contributed by atoms with Gasteiger partial charge in [-0.3, -0.25) is 9.80 Å². The summed E-state index contributed by atoms with van der Waals surface area (Å²) in [4.78, 5) is 43.4. The van der Waals surface area contributed by atoms with E-state index in [9.17, 15) is 39.6 Å². The molecule has 0 aliphatic rings. The molecule has 4 N–H and O–H groups in total. The van der Waals surface area contributed by atoms with Crippen molar-refractivity contribution in [3.63, 3.8) is 0 Å². The molecular formula is C10H16Ca2N2O10. The Bertz CT molecular complexity index is 328. The molecule has 0 atom stereocenters. The monoisotopic (exact) mass is 404 g/mol. The van der Waals surface area contributed by atoms with Crippen LogP contribution in [0.3, 0.4) is 0 Å². The number of hydrogen-bond acceptors (Lipinski definition) is 10. The summed E-state index contributed by atoms with van der Waals surface area (Å²) in [7, 11) is 0. The summed E-state index contributed by atoms with van der Waals surface area (Å²) in [5.74, 6) is -6.12. The van der Waals surface area contributed by atoms with Gasteiger partial charge in [0.25, 0.3) is 0 Å². The number of carbonyl (C=O) groups is 4. The number of carboxylic acids is 4. The zero-order chi connectivity index (χ0) is 15.7. The van der Waals surface area contributed by atoms with E-state index in [4.69, 9.17) is 0 Å². The molecule has 0 aliphatic heterocycles. The van der Waals surface area contributed by atoms with Gasteiger partial charge in [0, 0.05) is 39.3 Å². The fourth-order valence-electron chi connectivity index (χ4n) is 1.44. The average molecular weight is 404 g/mol.